The van der Waals surface area contributed by atoms with E-state index >= 15 is 0 Å². The van der Waals surface area contributed by atoms with Crippen molar-refractivity contribution in [3.8, 4) is 5.75 Å². The fourth-order valence-corrected chi connectivity index (χ4v) is 2.09. The summed E-state index contributed by atoms with van der Waals surface area (Å²) in [5.41, 5.74) is 0.995. The Kier molecular flexibility index (Phi) is 3.28. The van der Waals surface area contributed by atoms with Gasteiger partial charge in [0.2, 0.25) is 0 Å². The van der Waals surface area contributed by atoms with Gasteiger partial charge in [0, 0.05) is 17.0 Å². The van der Waals surface area contributed by atoms with E-state index in [1.165, 1.54) is 6.07 Å². The molecule has 2 rings (SSSR count). The second kappa shape index (κ2) is 4.56. The minimum absolute atomic E-state index is 0.132. The van der Waals surface area contributed by atoms with Gasteiger partial charge < -0.3 is 4.74 Å². The SMILES string of the molecule is Cc1cc(OCC2(CS)CC2)ccc1[N+](=O)[O-]. The zero-order valence-electron chi connectivity index (χ0n) is 9.68. The fourth-order valence-electron chi connectivity index (χ4n) is 1.68. The smallest absolute Gasteiger partial charge is 0.272 e. The van der Waals surface area contributed by atoms with Crippen molar-refractivity contribution in [3.63, 3.8) is 0 Å². The number of benzene rings is 1. The highest BCUT2D eigenvalue weighted by Crippen LogP contribution is 2.46. The van der Waals surface area contributed by atoms with Gasteiger partial charge in [0.15, 0.2) is 0 Å². The molecule has 0 amide bonds. The van der Waals surface area contributed by atoms with Crippen molar-refractivity contribution in [3.05, 3.63) is 33.9 Å². The van der Waals surface area contributed by atoms with Crippen LogP contribution in [0.2, 0.25) is 0 Å². The number of nitro groups is 1. The van der Waals surface area contributed by atoms with E-state index in [4.69, 9.17) is 4.74 Å². The van der Waals surface area contributed by atoms with Crippen LogP contribution in [0.3, 0.4) is 0 Å². The number of hydrogen-bond donors (Lipinski definition) is 1. The van der Waals surface area contributed by atoms with E-state index < -0.39 is 0 Å². The van der Waals surface area contributed by atoms with Gasteiger partial charge in [-0.2, -0.15) is 12.6 Å². The Labute approximate surface area is 106 Å². The van der Waals surface area contributed by atoms with Crippen LogP contribution in [0.4, 0.5) is 5.69 Å². The molecule has 0 N–H and O–H groups in total. The van der Waals surface area contributed by atoms with Gasteiger partial charge >= 0.3 is 0 Å². The van der Waals surface area contributed by atoms with Crippen LogP contribution in [-0.2, 0) is 0 Å². The highest BCUT2D eigenvalue weighted by Gasteiger charge is 2.42. The monoisotopic (exact) mass is 253 g/mol. The summed E-state index contributed by atoms with van der Waals surface area (Å²) < 4.78 is 5.67. The lowest BCUT2D eigenvalue weighted by molar-refractivity contribution is -0.385. The number of nitro benzene ring substituents is 1. The second-order valence-corrected chi connectivity index (χ2v) is 4.97. The highest BCUT2D eigenvalue weighted by molar-refractivity contribution is 7.80. The van der Waals surface area contributed by atoms with Gasteiger partial charge in [-0.15, -0.1) is 0 Å². The predicted octanol–water partition coefficient (Wildman–Crippen LogP) is 2.99. The summed E-state index contributed by atoms with van der Waals surface area (Å²) in [5, 5.41) is 10.7. The molecule has 5 heteroatoms. The Morgan fingerprint density at radius 2 is 2.24 bits per heavy atom. The molecule has 1 aromatic carbocycles. The van der Waals surface area contributed by atoms with Crippen molar-refractivity contribution in [1.29, 1.82) is 0 Å². The Morgan fingerprint density at radius 3 is 2.71 bits per heavy atom. The molecule has 17 heavy (non-hydrogen) atoms. The molecule has 0 aliphatic heterocycles. The molecule has 0 bridgehead atoms. The van der Waals surface area contributed by atoms with Crippen LogP contribution in [0.25, 0.3) is 0 Å². The van der Waals surface area contributed by atoms with Crippen LogP contribution in [0.15, 0.2) is 18.2 Å². The molecular formula is C12H15NO3S. The largest absolute Gasteiger partial charge is 0.493 e. The maximum Gasteiger partial charge on any atom is 0.272 e. The third kappa shape index (κ3) is 2.72. The van der Waals surface area contributed by atoms with E-state index in [1.807, 2.05) is 0 Å². The number of nitrogens with zero attached hydrogens (tertiary/aromatic N) is 1. The summed E-state index contributed by atoms with van der Waals surface area (Å²) in [6.45, 7) is 2.37. The van der Waals surface area contributed by atoms with Crippen molar-refractivity contribution in [2.24, 2.45) is 5.41 Å². The molecule has 0 spiro atoms. The van der Waals surface area contributed by atoms with Crippen molar-refractivity contribution in [1.82, 2.24) is 0 Å². The minimum Gasteiger partial charge on any atom is -0.493 e. The van der Waals surface area contributed by atoms with Crippen molar-refractivity contribution in [2.75, 3.05) is 12.4 Å². The van der Waals surface area contributed by atoms with Gasteiger partial charge in [0.05, 0.1) is 11.5 Å². The molecule has 1 aromatic rings. The maximum absolute atomic E-state index is 10.7. The molecule has 1 fully saturated rings. The van der Waals surface area contributed by atoms with Crippen LogP contribution in [0.1, 0.15) is 18.4 Å². The first kappa shape index (κ1) is 12.2. The first-order valence-electron chi connectivity index (χ1n) is 5.55. The molecular weight excluding hydrogens is 238 g/mol. The molecule has 0 atom stereocenters. The minimum atomic E-state index is -0.380. The van der Waals surface area contributed by atoms with Gasteiger partial charge in [-0.3, -0.25) is 10.1 Å². The Hall–Kier alpha value is -1.23. The van der Waals surface area contributed by atoms with Crippen LogP contribution >= 0.6 is 12.6 Å². The lowest BCUT2D eigenvalue weighted by atomic mass is 10.1. The van der Waals surface area contributed by atoms with E-state index in [-0.39, 0.29) is 16.0 Å². The number of ether oxygens (including phenoxy) is 1. The van der Waals surface area contributed by atoms with Crippen molar-refractivity contribution < 1.29 is 9.66 Å². The van der Waals surface area contributed by atoms with E-state index in [0.29, 0.717) is 17.9 Å². The van der Waals surface area contributed by atoms with Crippen LogP contribution in [0, 0.1) is 22.5 Å². The zero-order valence-corrected chi connectivity index (χ0v) is 10.6. The van der Waals surface area contributed by atoms with Crippen LogP contribution < -0.4 is 4.74 Å². The van der Waals surface area contributed by atoms with Crippen molar-refractivity contribution in [2.45, 2.75) is 19.8 Å². The molecule has 4 nitrogen and oxygen atoms in total. The van der Waals surface area contributed by atoms with E-state index in [0.717, 1.165) is 18.6 Å². The molecule has 0 radical (unpaired) electrons. The number of hydrogen-bond acceptors (Lipinski definition) is 4. The third-order valence-electron chi connectivity index (χ3n) is 3.20. The molecule has 0 saturated heterocycles. The fraction of sp³-hybridized carbons (Fsp3) is 0.500. The quantitative estimate of drug-likeness (QED) is 0.498. The van der Waals surface area contributed by atoms with Gasteiger partial charge in [0.25, 0.3) is 5.69 Å². The predicted molar refractivity (Wildman–Crippen MR) is 68.8 cm³/mol. The topological polar surface area (TPSA) is 52.4 Å². The molecule has 1 aliphatic carbocycles. The van der Waals surface area contributed by atoms with Gasteiger partial charge in [-0.25, -0.2) is 0 Å². The summed E-state index contributed by atoms with van der Waals surface area (Å²) in [6.07, 6.45) is 2.31. The third-order valence-corrected chi connectivity index (χ3v) is 3.87. The number of thiol groups is 1. The second-order valence-electron chi connectivity index (χ2n) is 4.65. The van der Waals surface area contributed by atoms with Crippen LogP contribution in [-0.4, -0.2) is 17.3 Å². The Balaban J connectivity index is 2.03. The highest BCUT2D eigenvalue weighted by atomic mass is 32.1. The summed E-state index contributed by atoms with van der Waals surface area (Å²) in [7, 11) is 0. The van der Waals surface area contributed by atoms with E-state index in [9.17, 15) is 10.1 Å². The molecule has 1 aliphatic rings. The molecule has 1 saturated carbocycles. The average Bonchev–Trinajstić information content (AvgIpc) is 3.07. The summed E-state index contributed by atoms with van der Waals surface area (Å²) in [4.78, 5) is 10.3. The van der Waals surface area contributed by atoms with E-state index in [2.05, 4.69) is 12.6 Å². The normalized spacial score (nSPS) is 16.6. The zero-order chi connectivity index (χ0) is 12.5. The van der Waals surface area contributed by atoms with Gasteiger partial charge in [-0.05, 0) is 37.7 Å². The maximum atomic E-state index is 10.7. The Morgan fingerprint density at radius 1 is 1.53 bits per heavy atom. The molecule has 92 valence electrons. The molecule has 0 unspecified atom stereocenters. The average molecular weight is 253 g/mol. The molecule has 0 aromatic heterocycles. The standard InChI is InChI=1S/C12H15NO3S/c1-9-6-10(2-3-11(9)13(14)15)16-7-12(8-17)4-5-12/h2-3,6,17H,4-5,7-8H2,1H3. The first-order chi connectivity index (χ1) is 8.06. The summed E-state index contributed by atoms with van der Waals surface area (Å²) in [6, 6.07) is 4.86. The first-order valence-corrected chi connectivity index (χ1v) is 6.18. The summed E-state index contributed by atoms with van der Waals surface area (Å²) >= 11 is 4.30. The van der Waals surface area contributed by atoms with Gasteiger partial charge in [0.1, 0.15) is 5.75 Å². The lowest BCUT2D eigenvalue weighted by Gasteiger charge is -2.13. The van der Waals surface area contributed by atoms with Crippen molar-refractivity contribution >= 4 is 18.3 Å². The summed E-state index contributed by atoms with van der Waals surface area (Å²) in [5.74, 6) is 1.53. The molecule has 0 heterocycles. The number of rotatable bonds is 5. The van der Waals surface area contributed by atoms with Gasteiger partial charge in [-0.1, -0.05) is 0 Å². The number of aryl methyl sites for hydroxylation is 1. The lowest BCUT2D eigenvalue weighted by Crippen LogP contribution is -2.14. The Bertz CT molecular complexity index is 443. The van der Waals surface area contributed by atoms with E-state index in [1.54, 1.807) is 19.1 Å². The van der Waals surface area contributed by atoms with Crippen LogP contribution in [0.5, 0.6) is 5.75 Å².